The van der Waals surface area contributed by atoms with Crippen molar-refractivity contribution in [3.63, 3.8) is 0 Å². The van der Waals surface area contributed by atoms with Crippen LogP contribution in [0.25, 0.3) is 0 Å². The molecular weight excluding hydrogens is 448 g/mol. The molecule has 1 heterocycles. The van der Waals surface area contributed by atoms with Crippen LogP contribution in [0.2, 0.25) is 0 Å². The molecule has 4 saturated carbocycles. The van der Waals surface area contributed by atoms with Gasteiger partial charge in [0.15, 0.2) is 5.78 Å². The molecule has 8 nitrogen and oxygen atoms in total. The van der Waals surface area contributed by atoms with Crippen LogP contribution in [0.3, 0.4) is 0 Å². The summed E-state index contributed by atoms with van der Waals surface area (Å²) in [6.07, 6.45) is 8.01. The number of nitrogens with zero attached hydrogens (tertiary/aromatic N) is 1. The summed E-state index contributed by atoms with van der Waals surface area (Å²) in [6.45, 7) is 2.75. The number of ether oxygens (including phenoxy) is 1. The largest absolute Gasteiger partial charge is 0.486 e. The predicted molar refractivity (Wildman–Crippen MR) is 131 cm³/mol. The van der Waals surface area contributed by atoms with Crippen LogP contribution < -0.4 is 10.1 Å². The molecule has 0 radical (unpaired) electrons. The molecule has 0 amide bonds. The van der Waals surface area contributed by atoms with E-state index >= 15 is 0 Å². The Morgan fingerprint density at radius 2 is 1.51 bits per heavy atom. The van der Waals surface area contributed by atoms with Gasteiger partial charge in [-0.2, -0.15) is 0 Å². The van der Waals surface area contributed by atoms with E-state index in [2.05, 4.69) is 34.5 Å². The van der Waals surface area contributed by atoms with Crippen molar-refractivity contribution in [2.75, 3.05) is 33.3 Å². The highest BCUT2D eigenvalue weighted by Gasteiger charge is 2.51. The van der Waals surface area contributed by atoms with Crippen LogP contribution in [0, 0.1) is 17.8 Å². The Kier molecular flexibility index (Phi) is 8.12. The molecule has 1 aliphatic heterocycles. The summed E-state index contributed by atoms with van der Waals surface area (Å²) in [5.41, 5.74) is 1.94. The summed E-state index contributed by atoms with van der Waals surface area (Å²) in [7, 11) is 2.02. The number of nitrogens with one attached hydrogen (secondary N) is 1. The Bertz CT molecular complexity index is 865. The van der Waals surface area contributed by atoms with Crippen LogP contribution in [0.1, 0.15) is 56.9 Å². The maximum Gasteiger partial charge on any atom is 0.303 e. The zero-order valence-corrected chi connectivity index (χ0v) is 20.6. The number of aliphatic carboxylic acids is 2. The van der Waals surface area contributed by atoms with E-state index in [4.69, 9.17) is 14.9 Å². The fraction of sp³-hybridized carbons (Fsp3) is 0.667. The zero-order valence-electron chi connectivity index (χ0n) is 20.6. The van der Waals surface area contributed by atoms with Gasteiger partial charge >= 0.3 is 11.9 Å². The lowest BCUT2D eigenvalue weighted by molar-refractivity contribution is -0.143. The Balaban J connectivity index is 0.000000314. The van der Waals surface area contributed by atoms with E-state index in [0.29, 0.717) is 5.41 Å². The van der Waals surface area contributed by atoms with E-state index in [-0.39, 0.29) is 31.3 Å². The second-order valence-electron chi connectivity index (χ2n) is 11.0. The van der Waals surface area contributed by atoms with Crippen LogP contribution in [-0.4, -0.2) is 72.2 Å². The molecular formula is C27H38N2O6. The summed E-state index contributed by atoms with van der Waals surface area (Å²) in [6, 6.07) is 8.67. The van der Waals surface area contributed by atoms with E-state index in [1.165, 1.54) is 44.1 Å². The third-order valence-corrected chi connectivity index (χ3v) is 8.32. The third-order valence-electron chi connectivity index (χ3n) is 8.32. The first-order valence-corrected chi connectivity index (χ1v) is 12.8. The lowest BCUT2D eigenvalue weighted by Gasteiger charge is -2.57. The van der Waals surface area contributed by atoms with Gasteiger partial charge in [-0.05, 0) is 86.4 Å². The number of piperazine rings is 1. The molecule has 35 heavy (non-hydrogen) atoms. The standard InChI is InChI=1S/C23H32N2O2.C4H6O4/c1-25-7-6-24-14-21(25)22(26)15-27-20-4-2-19(3-5-20)23-11-16-8-17(12-23)10-18(9-16)13-23;5-3(6)1-2-4(7)8/h2-5,16-18,21,24H,6-15H2,1H3;1-2H2,(H,5,6)(H,7,8). The van der Waals surface area contributed by atoms with Crippen molar-refractivity contribution in [2.45, 2.75) is 62.8 Å². The summed E-state index contributed by atoms with van der Waals surface area (Å²) in [5, 5.41) is 19.1. The van der Waals surface area contributed by atoms with Gasteiger partial charge in [-0.1, -0.05) is 12.1 Å². The van der Waals surface area contributed by atoms with Crippen LogP contribution in [0.15, 0.2) is 24.3 Å². The Morgan fingerprint density at radius 1 is 0.971 bits per heavy atom. The molecule has 0 aromatic heterocycles. The second-order valence-corrected chi connectivity index (χ2v) is 11.0. The number of likely N-dealkylation sites (N-methyl/N-ethyl adjacent to an activating group) is 1. The van der Waals surface area contributed by atoms with Gasteiger partial charge in [-0.3, -0.25) is 19.3 Å². The van der Waals surface area contributed by atoms with Gasteiger partial charge in [-0.15, -0.1) is 0 Å². The highest BCUT2D eigenvalue weighted by atomic mass is 16.5. The van der Waals surface area contributed by atoms with Gasteiger partial charge in [0.25, 0.3) is 0 Å². The van der Waals surface area contributed by atoms with Crippen molar-refractivity contribution in [1.82, 2.24) is 10.2 Å². The quantitative estimate of drug-likeness (QED) is 0.514. The molecule has 8 heteroatoms. The lowest BCUT2D eigenvalue weighted by atomic mass is 9.48. The number of Topliss-reactive ketones (excluding diaryl/α,β-unsaturated/α-hetero) is 1. The van der Waals surface area contributed by atoms with E-state index in [9.17, 15) is 14.4 Å². The first kappa shape index (κ1) is 25.6. The fourth-order valence-corrected chi connectivity index (χ4v) is 7.00. The Labute approximate surface area is 207 Å². The number of benzene rings is 1. The summed E-state index contributed by atoms with van der Waals surface area (Å²) >= 11 is 0. The van der Waals surface area contributed by atoms with Crippen molar-refractivity contribution in [3.05, 3.63) is 29.8 Å². The molecule has 1 saturated heterocycles. The molecule has 1 unspecified atom stereocenters. The SMILES string of the molecule is CN1CCNCC1C(=O)COc1ccc(C23CC4CC(CC(C4)C2)C3)cc1.O=C(O)CCC(=O)O. The number of hydrogen-bond acceptors (Lipinski definition) is 6. The molecule has 1 aromatic carbocycles. The average molecular weight is 487 g/mol. The molecule has 3 N–H and O–H groups in total. The normalized spacial score (nSPS) is 31.3. The predicted octanol–water partition coefficient (Wildman–Crippen LogP) is 2.94. The van der Waals surface area contributed by atoms with Crippen molar-refractivity contribution in [1.29, 1.82) is 0 Å². The number of hydrogen-bond donors (Lipinski definition) is 3. The van der Waals surface area contributed by atoms with Crippen LogP contribution in [0.4, 0.5) is 0 Å². The van der Waals surface area contributed by atoms with Crippen molar-refractivity contribution in [2.24, 2.45) is 17.8 Å². The monoisotopic (exact) mass is 486 g/mol. The van der Waals surface area contributed by atoms with Crippen molar-refractivity contribution < 1.29 is 29.3 Å². The van der Waals surface area contributed by atoms with Gasteiger partial charge < -0.3 is 20.3 Å². The van der Waals surface area contributed by atoms with Gasteiger partial charge in [0.2, 0.25) is 0 Å². The minimum atomic E-state index is -1.08. The van der Waals surface area contributed by atoms with Crippen molar-refractivity contribution in [3.8, 4) is 5.75 Å². The Morgan fingerprint density at radius 3 is 2.00 bits per heavy atom. The minimum Gasteiger partial charge on any atom is -0.486 e. The third kappa shape index (κ3) is 6.41. The molecule has 1 aromatic rings. The molecule has 5 aliphatic rings. The first-order chi connectivity index (χ1) is 16.7. The van der Waals surface area contributed by atoms with E-state index in [1.807, 2.05) is 7.05 Å². The number of carbonyl (C=O) groups excluding carboxylic acids is 1. The maximum atomic E-state index is 12.5. The smallest absolute Gasteiger partial charge is 0.303 e. The van der Waals surface area contributed by atoms with E-state index < -0.39 is 11.9 Å². The summed E-state index contributed by atoms with van der Waals surface area (Å²) in [5.74, 6) is 1.72. The number of rotatable bonds is 8. The second kappa shape index (κ2) is 11.1. The van der Waals surface area contributed by atoms with Crippen molar-refractivity contribution >= 4 is 17.7 Å². The summed E-state index contributed by atoms with van der Waals surface area (Å²) < 4.78 is 5.84. The number of ketones is 1. The molecule has 4 aliphatic carbocycles. The summed E-state index contributed by atoms with van der Waals surface area (Å²) in [4.78, 5) is 33.9. The molecule has 5 fully saturated rings. The highest BCUT2D eigenvalue weighted by molar-refractivity contribution is 5.85. The lowest BCUT2D eigenvalue weighted by Crippen LogP contribution is -2.54. The molecule has 1 atom stereocenters. The average Bonchev–Trinajstić information content (AvgIpc) is 2.81. The molecule has 0 spiro atoms. The number of carbonyl (C=O) groups is 3. The maximum absolute atomic E-state index is 12.5. The Hall–Kier alpha value is -2.45. The van der Waals surface area contributed by atoms with Gasteiger partial charge in [0.05, 0.1) is 18.9 Å². The van der Waals surface area contributed by atoms with Crippen LogP contribution in [0.5, 0.6) is 5.75 Å². The fourth-order valence-electron chi connectivity index (χ4n) is 7.00. The first-order valence-electron chi connectivity index (χ1n) is 12.8. The van der Waals surface area contributed by atoms with Gasteiger partial charge in [0.1, 0.15) is 12.4 Å². The molecule has 6 rings (SSSR count). The highest BCUT2D eigenvalue weighted by Crippen LogP contribution is 2.60. The van der Waals surface area contributed by atoms with Gasteiger partial charge in [0, 0.05) is 19.6 Å². The topological polar surface area (TPSA) is 116 Å². The number of carboxylic acids is 2. The number of carboxylic acid groups (broad SMARTS) is 2. The van der Waals surface area contributed by atoms with E-state index in [1.54, 1.807) is 0 Å². The minimum absolute atomic E-state index is 0.0648. The molecule has 192 valence electrons. The van der Waals surface area contributed by atoms with E-state index in [0.717, 1.165) is 43.1 Å². The van der Waals surface area contributed by atoms with Crippen LogP contribution in [-0.2, 0) is 19.8 Å². The zero-order chi connectivity index (χ0) is 25.0. The molecule has 4 bridgehead atoms. The van der Waals surface area contributed by atoms with Gasteiger partial charge in [-0.25, -0.2) is 0 Å². The van der Waals surface area contributed by atoms with Crippen LogP contribution >= 0.6 is 0 Å².